The Morgan fingerprint density at radius 1 is 1.11 bits per heavy atom. The van der Waals surface area contributed by atoms with Crippen molar-refractivity contribution >= 4 is 29.5 Å². The highest BCUT2D eigenvalue weighted by molar-refractivity contribution is 8.00. The van der Waals surface area contributed by atoms with Gasteiger partial charge in [0.2, 0.25) is 5.91 Å². The van der Waals surface area contributed by atoms with Crippen molar-refractivity contribution in [3.63, 3.8) is 0 Å². The Morgan fingerprint density at radius 2 is 1.78 bits per heavy atom. The third kappa shape index (κ3) is 6.84. The summed E-state index contributed by atoms with van der Waals surface area (Å²) in [4.78, 5) is 41.3. The Balaban J connectivity index is 1.87. The maximum atomic E-state index is 13.6. The third-order valence-corrected chi connectivity index (χ3v) is 7.94. The van der Waals surface area contributed by atoms with Gasteiger partial charge in [0.25, 0.3) is 11.8 Å². The highest BCUT2D eigenvalue weighted by atomic mass is 32.2. The van der Waals surface area contributed by atoms with Crippen LogP contribution in [0.3, 0.4) is 0 Å². The van der Waals surface area contributed by atoms with Gasteiger partial charge in [-0.1, -0.05) is 50.2 Å². The number of nitrogens with zero attached hydrogens (tertiary/aromatic N) is 1. The minimum Gasteiger partial charge on any atom is -0.508 e. The SMILES string of the molecule is Cc1c(O)cccc1C(=O)NC(Cc1ccccc1)C(O)C(=O)N1CSC(C)(C)C1C(=O)NCC(C)C. The second-order valence-electron chi connectivity index (χ2n) is 10.4. The highest BCUT2D eigenvalue weighted by Crippen LogP contribution is 2.40. The summed E-state index contributed by atoms with van der Waals surface area (Å²) in [5.74, 6) is -0.901. The molecule has 1 aliphatic heterocycles. The molecule has 1 aliphatic rings. The summed E-state index contributed by atoms with van der Waals surface area (Å²) >= 11 is 1.47. The van der Waals surface area contributed by atoms with E-state index >= 15 is 0 Å². The van der Waals surface area contributed by atoms with E-state index in [4.69, 9.17) is 0 Å². The maximum absolute atomic E-state index is 13.6. The van der Waals surface area contributed by atoms with Crippen LogP contribution in [-0.2, 0) is 16.0 Å². The lowest BCUT2D eigenvalue weighted by atomic mass is 9.96. The van der Waals surface area contributed by atoms with E-state index in [0.717, 1.165) is 5.56 Å². The van der Waals surface area contributed by atoms with Gasteiger partial charge in [-0.15, -0.1) is 11.8 Å². The molecule has 0 radical (unpaired) electrons. The van der Waals surface area contributed by atoms with E-state index in [9.17, 15) is 24.6 Å². The number of carbonyl (C=O) groups excluding carboxylic acids is 3. The molecule has 3 amide bonds. The van der Waals surface area contributed by atoms with Gasteiger partial charge in [-0.05, 0) is 50.8 Å². The molecule has 3 atom stereocenters. The molecule has 9 heteroatoms. The molecule has 1 fully saturated rings. The van der Waals surface area contributed by atoms with E-state index in [2.05, 4.69) is 10.6 Å². The molecule has 2 aromatic carbocycles. The molecule has 0 bridgehead atoms. The van der Waals surface area contributed by atoms with Gasteiger partial charge in [-0.3, -0.25) is 14.4 Å². The second kappa shape index (κ2) is 12.0. The van der Waals surface area contributed by atoms with Crippen LogP contribution in [-0.4, -0.2) is 68.2 Å². The van der Waals surface area contributed by atoms with Crippen molar-refractivity contribution in [1.29, 1.82) is 0 Å². The number of aliphatic hydroxyl groups is 1. The first-order valence-electron chi connectivity index (χ1n) is 12.5. The molecule has 0 aromatic heterocycles. The van der Waals surface area contributed by atoms with E-state index in [-0.39, 0.29) is 35.4 Å². The Labute approximate surface area is 222 Å². The summed E-state index contributed by atoms with van der Waals surface area (Å²) in [5, 5.41) is 27.1. The first-order chi connectivity index (χ1) is 17.4. The quantitative estimate of drug-likeness (QED) is 0.398. The van der Waals surface area contributed by atoms with Crippen LogP contribution in [0.4, 0.5) is 0 Å². The zero-order chi connectivity index (χ0) is 27.3. The number of aromatic hydroxyl groups is 1. The number of hydrogen-bond donors (Lipinski definition) is 4. The summed E-state index contributed by atoms with van der Waals surface area (Å²) in [6.45, 7) is 9.91. The van der Waals surface area contributed by atoms with Crippen molar-refractivity contribution in [2.45, 2.75) is 64.0 Å². The fourth-order valence-electron chi connectivity index (χ4n) is 4.38. The first-order valence-corrected chi connectivity index (χ1v) is 13.4. The van der Waals surface area contributed by atoms with Gasteiger partial charge in [0, 0.05) is 22.4 Å². The highest BCUT2D eigenvalue weighted by Gasteiger charge is 2.49. The number of thioether (sulfide) groups is 1. The molecule has 3 rings (SSSR count). The number of phenolic OH excluding ortho intramolecular Hbond substituents is 1. The number of nitrogens with one attached hydrogen (secondary N) is 2. The number of benzene rings is 2. The van der Waals surface area contributed by atoms with E-state index in [1.165, 1.54) is 22.7 Å². The molecule has 37 heavy (non-hydrogen) atoms. The average molecular weight is 528 g/mol. The lowest BCUT2D eigenvalue weighted by Gasteiger charge is -2.33. The van der Waals surface area contributed by atoms with Crippen LogP contribution in [0.1, 0.15) is 49.2 Å². The van der Waals surface area contributed by atoms with Gasteiger partial charge >= 0.3 is 0 Å². The lowest BCUT2D eigenvalue weighted by Crippen LogP contribution is -2.59. The standard InChI is InChI=1S/C28H37N3O5S/c1-17(2)15-29-26(35)24-28(4,5)37-16-31(24)27(36)23(33)21(14-19-10-7-6-8-11-19)30-25(34)20-12-9-13-22(32)18(20)3/h6-13,17,21,23-24,32-33H,14-16H2,1-5H3,(H,29,35)(H,30,34). The van der Waals surface area contributed by atoms with Crippen LogP contribution in [0.15, 0.2) is 48.5 Å². The second-order valence-corrected chi connectivity index (χ2v) is 12.0. The number of carbonyl (C=O) groups is 3. The summed E-state index contributed by atoms with van der Waals surface area (Å²) in [5.41, 5.74) is 1.48. The van der Waals surface area contributed by atoms with Crippen molar-refractivity contribution in [1.82, 2.24) is 15.5 Å². The van der Waals surface area contributed by atoms with E-state index < -0.39 is 34.7 Å². The number of phenols is 1. The number of rotatable bonds is 9. The van der Waals surface area contributed by atoms with Crippen LogP contribution in [0.2, 0.25) is 0 Å². The van der Waals surface area contributed by atoms with Crippen molar-refractivity contribution in [3.05, 3.63) is 65.2 Å². The fraction of sp³-hybridized carbons (Fsp3) is 0.464. The van der Waals surface area contributed by atoms with Crippen LogP contribution in [0.5, 0.6) is 5.75 Å². The molecule has 3 unspecified atom stereocenters. The Kier molecular flexibility index (Phi) is 9.26. The van der Waals surface area contributed by atoms with E-state index in [1.807, 2.05) is 58.0 Å². The van der Waals surface area contributed by atoms with Gasteiger partial charge in [-0.25, -0.2) is 0 Å². The molecule has 1 heterocycles. The predicted molar refractivity (Wildman–Crippen MR) is 145 cm³/mol. The molecule has 0 saturated carbocycles. The van der Waals surface area contributed by atoms with E-state index in [1.54, 1.807) is 19.1 Å². The average Bonchev–Trinajstić information content (AvgIpc) is 3.18. The first kappa shape index (κ1) is 28.5. The molecule has 1 saturated heterocycles. The number of amides is 3. The van der Waals surface area contributed by atoms with Crippen molar-refractivity contribution < 1.29 is 24.6 Å². The molecule has 2 aromatic rings. The summed E-state index contributed by atoms with van der Waals surface area (Å²) in [7, 11) is 0. The molecule has 0 spiro atoms. The van der Waals surface area contributed by atoms with Crippen LogP contribution in [0, 0.1) is 12.8 Å². The molecule has 8 nitrogen and oxygen atoms in total. The fourth-order valence-corrected chi connectivity index (χ4v) is 5.52. The largest absolute Gasteiger partial charge is 0.508 e. The summed E-state index contributed by atoms with van der Waals surface area (Å²) < 4.78 is -0.548. The number of aliphatic hydroxyl groups excluding tert-OH is 1. The van der Waals surface area contributed by atoms with Crippen molar-refractivity contribution in [2.75, 3.05) is 12.4 Å². The van der Waals surface area contributed by atoms with Crippen LogP contribution < -0.4 is 10.6 Å². The monoisotopic (exact) mass is 527 g/mol. The minimum absolute atomic E-state index is 0.0181. The number of hydrogen-bond acceptors (Lipinski definition) is 6. The molecule has 200 valence electrons. The Morgan fingerprint density at radius 3 is 2.43 bits per heavy atom. The normalized spacial score (nSPS) is 18.4. The van der Waals surface area contributed by atoms with Gasteiger partial charge in [0.05, 0.1) is 11.9 Å². The van der Waals surface area contributed by atoms with Crippen LogP contribution in [0.25, 0.3) is 0 Å². The van der Waals surface area contributed by atoms with Gasteiger partial charge in [0.15, 0.2) is 6.10 Å². The van der Waals surface area contributed by atoms with Gasteiger partial charge in [0.1, 0.15) is 11.8 Å². The zero-order valence-electron chi connectivity index (χ0n) is 22.0. The molecule has 4 N–H and O–H groups in total. The maximum Gasteiger partial charge on any atom is 0.254 e. The predicted octanol–water partition coefficient (Wildman–Crippen LogP) is 2.85. The molecular formula is C28H37N3O5S. The van der Waals surface area contributed by atoms with Gasteiger partial charge < -0.3 is 25.7 Å². The topological polar surface area (TPSA) is 119 Å². The zero-order valence-corrected chi connectivity index (χ0v) is 22.8. The Bertz CT molecular complexity index is 1120. The van der Waals surface area contributed by atoms with Crippen molar-refractivity contribution in [2.24, 2.45) is 5.92 Å². The van der Waals surface area contributed by atoms with Crippen molar-refractivity contribution in [3.8, 4) is 5.75 Å². The van der Waals surface area contributed by atoms with Gasteiger partial charge in [-0.2, -0.15) is 0 Å². The smallest absolute Gasteiger partial charge is 0.254 e. The minimum atomic E-state index is -1.59. The summed E-state index contributed by atoms with van der Waals surface area (Å²) in [6, 6.07) is 12.2. The van der Waals surface area contributed by atoms with Crippen LogP contribution >= 0.6 is 11.8 Å². The molecular weight excluding hydrogens is 490 g/mol. The summed E-state index contributed by atoms with van der Waals surface area (Å²) in [6.07, 6.45) is -1.39. The molecule has 0 aliphatic carbocycles. The van der Waals surface area contributed by atoms with E-state index in [0.29, 0.717) is 12.1 Å². The Hall–Kier alpha value is -3.04. The third-order valence-electron chi connectivity index (χ3n) is 6.56. The lowest BCUT2D eigenvalue weighted by molar-refractivity contribution is -0.147.